The molecule has 0 saturated carbocycles. The van der Waals surface area contributed by atoms with Crippen molar-refractivity contribution in [3.05, 3.63) is 54.1 Å². The Morgan fingerprint density at radius 1 is 1.12 bits per heavy atom. The third kappa shape index (κ3) is 3.23. The molecule has 3 rings (SSSR count). The van der Waals surface area contributed by atoms with Crippen LogP contribution in [0.15, 0.2) is 48.5 Å². The van der Waals surface area contributed by atoms with Gasteiger partial charge >= 0.3 is 0 Å². The fraction of sp³-hybridized carbons (Fsp3) is 0.350. The van der Waals surface area contributed by atoms with E-state index in [1.54, 1.807) is 7.11 Å². The molecule has 0 N–H and O–H groups in total. The van der Waals surface area contributed by atoms with Crippen molar-refractivity contribution in [2.45, 2.75) is 32.3 Å². The molecule has 0 radical (unpaired) electrons. The standard InChI is InChI=1S/C20H23NO3/c1-3-17(24-19-13-7-6-12-18(19)23-2)20(22)21-14-8-10-15-9-4-5-11-16(15)21/h4-7,9,11-13,17H,3,8,10,14H2,1-2H3/t17-/m0/s1. The monoisotopic (exact) mass is 325 g/mol. The lowest BCUT2D eigenvalue weighted by Crippen LogP contribution is -2.44. The molecule has 0 aliphatic carbocycles. The molecule has 0 aromatic heterocycles. The molecule has 0 bridgehead atoms. The summed E-state index contributed by atoms with van der Waals surface area (Å²) in [5, 5.41) is 0. The van der Waals surface area contributed by atoms with Crippen LogP contribution in [0.2, 0.25) is 0 Å². The van der Waals surface area contributed by atoms with Crippen molar-refractivity contribution >= 4 is 11.6 Å². The maximum absolute atomic E-state index is 13.1. The summed E-state index contributed by atoms with van der Waals surface area (Å²) in [4.78, 5) is 14.9. The average molecular weight is 325 g/mol. The van der Waals surface area contributed by atoms with Crippen LogP contribution >= 0.6 is 0 Å². The molecule has 1 aliphatic rings. The van der Waals surface area contributed by atoms with E-state index in [1.165, 1.54) is 5.56 Å². The first-order chi connectivity index (χ1) is 11.7. The van der Waals surface area contributed by atoms with E-state index in [0.29, 0.717) is 17.9 Å². The fourth-order valence-electron chi connectivity index (χ4n) is 3.11. The first-order valence-corrected chi connectivity index (χ1v) is 8.43. The molecular formula is C20H23NO3. The number of hydrogen-bond donors (Lipinski definition) is 0. The van der Waals surface area contributed by atoms with Crippen LogP contribution in [0.5, 0.6) is 11.5 Å². The smallest absolute Gasteiger partial charge is 0.268 e. The van der Waals surface area contributed by atoms with Crippen LogP contribution < -0.4 is 14.4 Å². The molecule has 126 valence electrons. The number of anilines is 1. The second-order valence-corrected chi connectivity index (χ2v) is 5.89. The number of carbonyl (C=O) groups is 1. The Balaban J connectivity index is 1.83. The number of para-hydroxylation sites is 3. The summed E-state index contributed by atoms with van der Waals surface area (Å²) in [6.07, 6.45) is 2.08. The molecule has 0 unspecified atom stereocenters. The van der Waals surface area contributed by atoms with E-state index in [2.05, 4.69) is 6.07 Å². The molecule has 0 spiro atoms. The van der Waals surface area contributed by atoms with E-state index in [1.807, 2.05) is 54.3 Å². The summed E-state index contributed by atoms with van der Waals surface area (Å²) in [5.41, 5.74) is 2.24. The number of ether oxygens (including phenoxy) is 2. The van der Waals surface area contributed by atoms with Crippen molar-refractivity contribution < 1.29 is 14.3 Å². The van der Waals surface area contributed by atoms with E-state index >= 15 is 0 Å². The van der Waals surface area contributed by atoms with Gasteiger partial charge in [0.05, 0.1) is 7.11 Å². The molecule has 2 aromatic rings. The van der Waals surface area contributed by atoms with Gasteiger partial charge in [-0.3, -0.25) is 4.79 Å². The number of benzene rings is 2. The van der Waals surface area contributed by atoms with Gasteiger partial charge in [0.1, 0.15) is 0 Å². The fourth-order valence-corrected chi connectivity index (χ4v) is 3.11. The molecule has 1 amide bonds. The SMILES string of the molecule is CC[C@H](Oc1ccccc1OC)C(=O)N1CCCc2ccccc21. The van der Waals surface area contributed by atoms with Gasteiger partial charge in [0.2, 0.25) is 0 Å². The third-order valence-electron chi connectivity index (χ3n) is 4.36. The lowest BCUT2D eigenvalue weighted by atomic mass is 10.0. The van der Waals surface area contributed by atoms with Crippen molar-refractivity contribution in [3.63, 3.8) is 0 Å². The largest absolute Gasteiger partial charge is 0.493 e. The van der Waals surface area contributed by atoms with Gasteiger partial charge in [0.15, 0.2) is 17.6 Å². The zero-order valence-electron chi connectivity index (χ0n) is 14.2. The summed E-state index contributed by atoms with van der Waals surface area (Å²) in [6, 6.07) is 15.5. The van der Waals surface area contributed by atoms with Crippen LogP contribution in [0.3, 0.4) is 0 Å². The number of fused-ring (bicyclic) bond motifs is 1. The lowest BCUT2D eigenvalue weighted by Gasteiger charge is -2.32. The zero-order chi connectivity index (χ0) is 16.9. The molecular weight excluding hydrogens is 302 g/mol. The van der Waals surface area contributed by atoms with Crippen molar-refractivity contribution in [1.29, 1.82) is 0 Å². The van der Waals surface area contributed by atoms with Crippen LogP contribution in [0.1, 0.15) is 25.3 Å². The molecule has 1 atom stereocenters. The highest BCUT2D eigenvalue weighted by atomic mass is 16.5. The topological polar surface area (TPSA) is 38.8 Å². The molecule has 4 heteroatoms. The highest BCUT2D eigenvalue weighted by Crippen LogP contribution is 2.30. The van der Waals surface area contributed by atoms with Crippen molar-refractivity contribution in [2.24, 2.45) is 0 Å². The van der Waals surface area contributed by atoms with E-state index in [4.69, 9.17) is 9.47 Å². The zero-order valence-corrected chi connectivity index (χ0v) is 14.2. The van der Waals surface area contributed by atoms with Crippen LogP contribution in [0.4, 0.5) is 5.69 Å². The van der Waals surface area contributed by atoms with E-state index in [0.717, 1.165) is 25.1 Å². The predicted molar refractivity (Wildman–Crippen MR) is 94.8 cm³/mol. The van der Waals surface area contributed by atoms with Crippen LogP contribution in [0.25, 0.3) is 0 Å². The van der Waals surface area contributed by atoms with Gasteiger partial charge in [-0.25, -0.2) is 0 Å². The Kier molecular flexibility index (Phi) is 5.04. The first-order valence-electron chi connectivity index (χ1n) is 8.43. The van der Waals surface area contributed by atoms with Crippen LogP contribution in [-0.4, -0.2) is 25.7 Å². The summed E-state index contributed by atoms with van der Waals surface area (Å²) >= 11 is 0. The maximum Gasteiger partial charge on any atom is 0.268 e. The number of amides is 1. The first kappa shape index (κ1) is 16.4. The second-order valence-electron chi connectivity index (χ2n) is 5.89. The summed E-state index contributed by atoms with van der Waals surface area (Å²) in [5.74, 6) is 1.25. The number of methoxy groups -OCH3 is 1. The highest BCUT2D eigenvalue weighted by Gasteiger charge is 2.29. The number of hydrogen-bond acceptors (Lipinski definition) is 3. The molecule has 0 saturated heterocycles. The van der Waals surface area contributed by atoms with Gasteiger partial charge in [0, 0.05) is 12.2 Å². The molecule has 4 nitrogen and oxygen atoms in total. The van der Waals surface area contributed by atoms with Gasteiger partial charge in [-0.05, 0) is 43.0 Å². The van der Waals surface area contributed by atoms with Gasteiger partial charge in [-0.2, -0.15) is 0 Å². The third-order valence-corrected chi connectivity index (χ3v) is 4.36. The number of nitrogens with zero attached hydrogens (tertiary/aromatic N) is 1. The quantitative estimate of drug-likeness (QED) is 0.838. The minimum absolute atomic E-state index is 0.00977. The average Bonchev–Trinajstić information content (AvgIpc) is 2.65. The second kappa shape index (κ2) is 7.39. The Bertz CT molecular complexity index is 714. The van der Waals surface area contributed by atoms with Crippen LogP contribution in [0, 0.1) is 0 Å². The van der Waals surface area contributed by atoms with E-state index < -0.39 is 6.10 Å². The van der Waals surface area contributed by atoms with Crippen molar-refractivity contribution in [3.8, 4) is 11.5 Å². The molecule has 1 aliphatic heterocycles. The van der Waals surface area contributed by atoms with E-state index in [-0.39, 0.29) is 5.91 Å². The summed E-state index contributed by atoms with van der Waals surface area (Å²) in [7, 11) is 1.60. The Hall–Kier alpha value is -2.49. The van der Waals surface area contributed by atoms with Crippen LogP contribution in [-0.2, 0) is 11.2 Å². The lowest BCUT2D eigenvalue weighted by molar-refractivity contribution is -0.125. The van der Waals surface area contributed by atoms with E-state index in [9.17, 15) is 4.79 Å². The molecule has 1 heterocycles. The number of rotatable bonds is 5. The Morgan fingerprint density at radius 2 is 1.83 bits per heavy atom. The Morgan fingerprint density at radius 3 is 2.58 bits per heavy atom. The maximum atomic E-state index is 13.1. The highest BCUT2D eigenvalue weighted by molar-refractivity contribution is 5.97. The predicted octanol–water partition coefficient (Wildman–Crippen LogP) is 3.83. The number of carbonyl (C=O) groups excluding carboxylic acids is 1. The molecule has 2 aromatic carbocycles. The number of aryl methyl sites for hydroxylation is 1. The van der Waals surface area contributed by atoms with Crippen molar-refractivity contribution in [1.82, 2.24) is 0 Å². The molecule has 24 heavy (non-hydrogen) atoms. The van der Waals surface area contributed by atoms with Gasteiger partial charge < -0.3 is 14.4 Å². The van der Waals surface area contributed by atoms with Crippen molar-refractivity contribution in [2.75, 3.05) is 18.6 Å². The Labute approximate surface area is 143 Å². The molecule has 0 fully saturated rings. The van der Waals surface area contributed by atoms with Gasteiger partial charge in [-0.15, -0.1) is 0 Å². The summed E-state index contributed by atoms with van der Waals surface area (Å²) < 4.78 is 11.3. The van der Waals surface area contributed by atoms with Gasteiger partial charge in [0.25, 0.3) is 5.91 Å². The normalized spacial score (nSPS) is 14.7. The van der Waals surface area contributed by atoms with Gasteiger partial charge in [-0.1, -0.05) is 37.3 Å². The minimum atomic E-state index is -0.521. The minimum Gasteiger partial charge on any atom is -0.493 e. The summed E-state index contributed by atoms with van der Waals surface area (Å²) in [6.45, 7) is 2.70.